The lowest BCUT2D eigenvalue weighted by Gasteiger charge is -2.43. The number of hydrogen-bond acceptors (Lipinski definition) is 7. The average Bonchev–Trinajstić information content (AvgIpc) is 2.63. The number of piperazine rings is 1. The molecule has 24 heavy (non-hydrogen) atoms. The number of aliphatic hydroxyl groups excluding tert-OH is 2. The van der Waals surface area contributed by atoms with Crippen molar-refractivity contribution in [3.8, 4) is 5.88 Å². The SMILES string of the molecule is COc1ncccc1C(=O)N1CCN([C@@H]2COC[C@@H](O)[C@H]2O)CC1. The van der Waals surface area contributed by atoms with Gasteiger partial charge in [-0.05, 0) is 12.1 Å². The fourth-order valence-electron chi connectivity index (χ4n) is 3.23. The van der Waals surface area contributed by atoms with Crippen LogP contribution in [0.5, 0.6) is 5.88 Å². The van der Waals surface area contributed by atoms with Crippen molar-refractivity contribution in [2.75, 3.05) is 46.5 Å². The second-order valence-electron chi connectivity index (χ2n) is 6.05. The first-order valence-electron chi connectivity index (χ1n) is 8.08. The summed E-state index contributed by atoms with van der Waals surface area (Å²) in [6.45, 7) is 2.87. The first-order valence-corrected chi connectivity index (χ1v) is 8.08. The number of carbonyl (C=O) groups excluding carboxylic acids is 1. The third-order valence-corrected chi connectivity index (χ3v) is 4.63. The van der Waals surface area contributed by atoms with Crippen LogP contribution in [0.15, 0.2) is 18.3 Å². The van der Waals surface area contributed by atoms with Gasteiger partial charge in [-0.3, -0.25) is 9.69 Å². The zero-order chi connectivity index (χ0) is 17.1. The molecule has 8 nitrogen and oxygen atoms in total. The quantitative estimate of drug-likeness (QED) is 0.728. The molecule has 0 radical (unpaired) electrons. The number of amides is 1. The van der Waals surface area contributed by atoms with Gasteiger partial charge in [0.15, 0.2) is 0 Å². The molecule has 1 aromatic heterocycles. The molecule has 2 saturated heterocycles. The van der Waals surface area contributed by atoms with Crippen LogP contribution in [0.2, 0.25) is 0 Å². The summed E-state index contributed by atoms with van der Waals surface area (Å²) < 4.78 is 10.5. The van der Waals surface area contributed by atoms with Gasteiger partial charge in [0.05, 0.1) is 32.5 Å². The Kier molecular flexibility index (Phi) is 5.30. The highest BCUT2D eigenvalue weighted by Gasteiger charge is 2.37. The van der Waals surface area contributed by atoms with E-state index in [4.69, 9.17) is 9.47 Å². The molecule has 3 heterocycles. The van der Waals surface area contributed by atoms with E-state index in [1.807, 2.05) is 0 Å². The maximum Gasteiger partial charge on any atom is 0.259 e. The van der Waals surface area contributed by atoms with Crippen LogP contribution in [0.4, 0.5) is 0 Å². The van der Waals surface area contributed by atoms with Crippen molar-refractivity contribution in [1.29, 1.82) is 0 Å². The van der Waals surface area contributed by atoms with Gasteiger partial charge in [-0.1, -0.05) is 0 Å². The molecular formula is C16H23N3O5. The van der Waals surface area contributed by atoms with Crippen molar-refractivity contribution in [2.24, 2.45) is 0 Å². The van der Waals surface area contributed by atoms with Crippen LogP contribution in [-0.4, -0.2) is 95.7 Å². The third kappa shape index (κ3) is 3.36. The fraction of sp³-hybridized carbons (Fsp3) is 0.625. The smallest absolute Gasteiger partial charge is 0.259 e. The van der Waals surface area contributed by atoms with E-state index < -0.39 is 12.2 Å². The van der Waals surface area contributed by atoms with Gasteiger partial charge in [0, 0.05) is 32.4 Å². The van der Waals surface area contributed by atoms with Gasteiger partial charge in [-0.15, -0.1) is 0 Å². The second-order valence-corrected chi connectivity index (χ2v) is 6.05. The predicted octanol–water partition coefficient (Wildman–Crippen LogP) is -1.03. The van der Waals surface area contributed by atoms with Gasteiger partial charge in [0.1, 0.15) is 11.7 Å². The first kappa shape index (κ1) is 17.1. The summed E-state index contributed by atoms with van der Waals surface area (Å²) in [6.07, 6.45) is -0.0916. The molecule has 3 rings (SSSR count). The number of nitrogens with zero attached hydrogens (tertiary/aromatic N) is 3. The number of methoxy groups -OCH3 is 1. The fourth-order valence-corrected chi connectivity index (χ4v) is 3.23. The Labute approximate surface area is 140 Å². The number of carbonyl (C=O) groups is 1. The number of hydrogen-bond donors (Lipinski definition) is 2. The zero-order valence-electron chi connectivity index (χ0n) is 13.7. The molecule has 0 unspecified atom stereocenters. The lowest BCUT2D eigenvalue weighted by Crippen LogP contribution is -2.60. The molecule has 8 heteroatoms. The molecule has 3 atom stereocenters. The highest BCUT2D eigenvalue weighted by molar-refractivity contribution is 5.96. The maximum atomic E-state index is 12.7. The van der Waals surface area contributed by atoms with Crippen molar-refractivity contribution in [1.82, 2.24) is 14.8 Å². The van der Waals surface area contributed by atoms with E-state index in [1.165, 1.54) is 7.11 Å². The van der Waals surface area contributed by atoms with Crippen LogP contribution < -0.4 is 4.74 Å². The molecule has 0 aromatic carbocycles. The topological polar surface area (TPSA) is 95.4 Å². The van der Waals surface area contributed by atoms with Gasteiger partial charge in [-0.2, -0.15) is 0 Å². The van der Waals surface area contributed by atoms with E-state index in [2.05, 4.69) is 9.88 Å². The molecule has 132 valence electrons. The lowest BCUT2D eigenvalue weighted by atomic mass is 10.0. The van der Waals surface area contributed by atoms with Crippen LogP contribution in [0.1, 0.15) is 10.4 Å². The summed E-state index contributed by atoms with van der Waals surface area (Å²) in [5, 5.41) is 19.9. The predicted molar refractivity (Wildman–Crippen MR) is 84.9 cm³/mol. The number of ether oxygens (including phenoxy) is 2. The number of rotatable bonds is 3. The van der Waals surface area contributed by atoms with Crippen LogP contribution in [0, 0.1) is 0 Å². The van der Waals surface area contributed by atoms with Gasteiger partial charge >= 0.3 is 0 Å². The Hall–Kier alpha value is -1.74. The molecule has 0 bridgehead atoms. The minimum Gasteiger partial charge on any atom is -0.480 e. The highest BCUT2D eigenvalue weighted by atomic mass is 16.5. The minimum atomic E-state index is -0.858. The molecule has 0 spiro atoms. The highest BCUT2D eigenvalue weighted by Crippen LogP contribution is 2.20. The van der Waals surface area contributed by atoms with Crippen molar-refractivity contribution in [3.63, 3.8) is 0 Å². The normalized spacial score (nSPS) is 28.6. The monoisotopic (exact) mass is 337 g/mol. The van der Waals surface area contributed by atoms with E-state index in [9.17, 15) is 15.0 Å². The van der Waals surface area contributed by atoms with Crippen LogP contribution in [0.25, 0.3) is 0 Å². The summed E-state index contributed by atoms with van der Waals surface area (Å²) in [7, 11) is 1.49. The standard InChI is InChI=1S/C16H23N3O5/c1-23-15-11(3-2-4-17-15)16(22)19-7-5-18(6-8-19)12-9-24-10-13(20)14(12)21/h2-4,12-14,20-21H,5-10H2,1H3/t12-,13-,14+/m1/s1. The summed E-state index contributed by atoms with van der Waals surface area (Å²) >= 11 is 0. The zero-order valence-corrected chi connectivity index (χ0v) is 13.7. The molecule has 2 N–H and O–H groups in total. The summed E-state index contributed by atoms with van der Waals surface area (Å²) in [4.78, 5) is 20.5. The van der Waals surface area contributed by atoms with Crippen molar-refractivity contribution >= 4 is 5.91 Å². The largest absolute Gasteiger partial charge is 0.480 e. The molecule has 0 saturated carbocycles. The first-order chi connectivity index (χ1) is 11.6. The molecule has 0 aliphatic carbocycles. The molecular weight excluding hydrogens is 314 g/mol. The Morgan fingerprint density at radius 2 is 2.04 bits per heavy atom. The van der Waals surface area contributed by atoms with Crippen molar-refractivity contribution in [2.45, 2.75) is 18.2 Å². The minimum absolute atomic E-state index is 0.111. The Morgan fingerprint density at radius 1 is 1.29 bits per heavy atom. The number of pyridine rings is 1. The molecule has 2 aliphatic rings. The van der Waals surface area contributed by atoms with Gasteiger partial charge in [0.25, 0.3) is 5.91 Å². The van der Waals surface area contributed by atoms with Crippen LogP contribution >= 0.6 is 0 Å². The van der Waals surface area contributed by atoms with Crippen molar-refractivity contribution in [3.05, 3.63) is 23.9 Å². The van der Waals surface area contributed by atoms with Gasteiger partial charge in [0.2, 0.25) is 5.88 Å². The number of aromatic nitrogens is 1. The second kappa shape index (κ2) is 7.43. The summed E-state index contributed by atoms with van der Waals surface area (Å²) in [5.41, 5.74) is 0.449. The third-order valence-electron chi connectivity index (χ3n) is 4.63. The Bertz CT molecular complexity index is 577. The van der Waals surface area contributed by atoms with Crippen molar-refractivity contribution < 1.29 is 24.5 Å². The molecule has 2 aliphatic heterocycles. The van der Waals surface area contributed by atoms with E-state index in [1.54, 1.807) is 23.2 Å². The van der Waals surface area contributed by atoms with E-state index in [0.717, 1.165) is 0 Å². The van der Waals surface area contributed by atoms with Gasteiger partial charge < -0.3 is 24.6 Å². The Balaban J connectivity index is 1.61. The Morgan fingerprint density at radius 3 is 2.75 bits per heavy atom. The van der Waals surface area contributed by atoms with Crippen LogP contribution in [-0.2, 0) is 4.74 Å². The molecule has 1 amide bonds. The average molecular weight is 337 g/mol. The van der Waals surface area contributed by atoms with E-state index >= 15 is 0 Å². The van der Waals surface area contributed by atoms with E-state index in [-0.39, 0.29) is 18.6 Å². The maximum absolute atomic E-state index is 12.7. The number of aliphatic hydroxyl groups is 2. The van der Waals surface area contributed by atoms with Gasteiger partial charge in [-0.25, -0.2) is 4.98 Å². The summed E-state index contributed by atoms with van der Waals surface area (Å²) in [6, 6.07) is 3.18. The van der Waals surface area contributed by atoms with Crippen LogP contribution in [0.3, 0.4) is 0 Å². The van der Waals surface area contributed by atoms with E-state index in [0.29, 0.717) is 44.2 Å². The molecule has 2 fully saturated rings. The summed E-state index contributed by atoms with van der Waals surface area (Å²) in [5.74, 6) is 0.212. The molecule has 1 aromatic rings. The lowest BCUT2D eigenvalue weighted by molar-refractivity contribution is -0.136.